The van der Waals surface area contributed by atoms with Crippen LogP contribution < -0.4 is 5.32 Å². The summed E-state index contributed by atoms with van der Waals surface area (Å²) in [4.78, 5) is 36.2. The van der Waals surface area contributed by atoms with Crippen molar-refractivity contribution in [1.29, 1.82) is 0 Å². The summed E-state index contributed by atoms with van der Waals surface area (Å²) in [6.07, 6.45) is 0. The summed E-state index contributed by atoms with van der Waals surface area (Å²) in [6, 6.07) is -1.07. The van der Waals surface area contributed by atoms with Gasteiger partial charge in [-0.2, -0.15) is 0 Å². The number of hydrogen-bond donors (Lipinski definition) is 1. The Hall–Kier alpha value is -1.63. The molecule has 0 unspecified atom stereocenters. The molecule has 0 atom stereocenters. The van der Waals surface area contributed by atoms with Gasteiger partial charge in [-0.3, -0.25) is 10.1 Å². The zero-order valence-corrected chi connectivity index (χ0v) is 8.06. The molecule has 15 heavy (non-hydrogen) atoms. The van der Waals surface area contributed by atoms with Gasteiger partial charge in [0, 0.05) is 13.1 Å². The fourth-order valence-corrected chi connectivity index (χ4v) is 1.52. The molecule has 82 valence electrons. The van der Waals surface area contributed by atoms with E-state index in [4.69, 9.17) is 4.74 Å². The van der Waals surface area contributed by atoms with Crippen LogP contribution in [0, 0.1) is 0 Å². The Morgan fingerprint density at radius 2 is 1.93 bits per heavy atom. The first-order chi connectivity index (χ1) is 7.18. The quantitative estimate of drug-likeness (QED) is 0.523. The Kier molecular flexibility index (Phi) is 2.55. The molecule has 0 saturated carbocycles. The fraction of sp³-hybridized carbons (Fsp3) is 0.625. The van der Waals surface area contributed by atoms with E-state index < -0.39 is 18.0 Å². The van der Waals surface area contributed by atoms with Gasteiger partial charge in [0.25, 0.3) is 0 Å². The first kappa shape index (κ1) is 9.91. The van der Waals surface area contributed by atoms with Gasteiger partial charge in [0.05, 0.1) is 13.2 Å². The van der Waals surface area contributed by atoms with Crippen LogP contribution >= 0.6 is 0 Å². The predicted octanol–water partition coefficient (Wildman–Crippen LogP) is -1.01. The third-order valence-electron chi connectivity index (χ3n) is 2.31. The number of carbonyl (C=O) groups is 3. The highest BCUT2D eigenvalue weighted by Gasteiger charge is 2.35. The van der Waals surface area contributed by atoms with Crippen molar-refractivity contribution in [1.82, 2.24) is 15.1 Å². The lowest BCUT2D eigenvalue weighted by Crippen LogP contribution is -2.49. The van der Waals surface area contributed by atoms with E-state index in [9.17, 15) is 14.4 Å². The van der Waals surface area contributed by atoms with Crippen molar-refractivity contribution in [2.24, 2.45) is 0 Å². The molecule has 2 aliphatic rings. The summed E-state index contributed by atoms with van der Waals surface area (Å²) in [5.41, 5.74) is 0. The molecule has 7 nitrogen and oxygen atoms in total. The lowest BCUT2D eigenvalue weighted by Gasteiger charge is -2.29. The molecule has 2 rings (SSSR count). The van der Waals surface area contributed by atoms with Crippen LogP contribution in [0.4, 0.5) is 9.59 Å². The summed E-state index contributed by atoms with van der Waals surface area (Å²) >= 11 is 0. The van der Waals surface area contributed by atoms with Gasteiger partial charge in [0.2, 0.25) is 5.91 Å². The Balaban J connectivity index is 2.00. The summed E-state index contributed by atoms with van der Waals surface area (Å²) in [7, 11) is 0. The lowest BCUT2D eigenvalue weighted by atomic mass is 10.4. The molecule has 1 N–H and O–H groups in total. The average molecular weight is 213 g/mol. The van der Waals surface area contributed by atoms with E-state index >= 15 is 0 Å². The van der Waals surface area contributed by atoms with Gasteiger partial charge >= 0.3 is 12.1 Å². The van der Waals surface area contributed by atoms with Crippen molar-refractivity contribution in [2.45, 2.75) is 0 Å². The number of morpholine rings is 1. The van der Waals surface area contributed by atoms with Crippen molar-refractivity contribution in [3.63, 3.8) is 0 Å². The molecule has 0 aliphatic carbocycles. The van der Waals surface area contributed by atoms with E-state index in [1.165, 1.54) is 4.90 Å². The summed E-state index contributed by atoms with van der Waals surface area (Å²) < 4.78 is 5.08. The maximum absolute atomic E-state index is 11.7. The van der Waals surface area contributed by atoms with Crippen molar-refractivity contribution in [3.05, 3.63) is 0 Å². The van der Waals surface area contributed by atoms with Gasteiger partial charge in [-0.1, -0.05) is 0 Å². The maximum atomic E-state index is 11.7. The molecule has 7 heteroatoms. The average Bonchev–Trinajstić information content (AvgIpc) is 2.58. The SMILES string of the molecule is O=C1CN(C(=O)N2CCOCC2)C(=O)N1. The van der Waals surface area contributed by atoms with Crippen molar-refractivity contribution >= 4 is 18.0 Å². The molecule has 2 aliphatic heterocycles. The van der Waals surface area contributed by atoms with Crippen LogP contribution in [0.15, 0.2) is 0 Å². The second-order valence-corrected chi connectivity index (χ2v) is 3.32. The van der Waals surface area contributed by atoms with Gasteiger partial charge in [0.15, 0.2) is 0 Å². The molecule has 0 bridgehead atoms. The van der Waals surface area contributed by atoms with E-state index in [0.717, 1.165) is 4.90 Å². The van der Waals surface area contributed by atoms with Crippen LogP contribution in [0.3, 0.4) is 0 Å². The number of carbonyl (C=O) groups excluding carboxylic acids is 3. The standard InChI is InChI=1S/C8H11N3O4/c12-6-5-11(7(13)9-6)8(14)10-1-3-15-4-2-10/h1-5H2,(H,9,12,13). The summed E-state index contributed by atoms with van der Waals surface area (Å²) in [5, 5.41) is 2.06. The minimum atomic E-state index is -0.642. The molecular formula is C8H11N3O4. The highest BCUT2D eigenvalue weighted by molar-refractivity contribution is 6.09. The Labute approximate surface area is 85.9 Å². The van der Waals surface area contributed by atoms with Crippen LogP contribution in [-0.4, -0.2) is 60.6 Å². The second kappa shape index (κ2) is 3.85. The molecule has 0 radical (unpaired) electrons. The lowest BCUT2D eigenvalue weighted by molar-refractivity contribution is -0.118. The van der Waals surface area contributed by atoms with E-state index in [2.05, 4.69) is 5.32 Å². The first-order valence-corrected chi connectivity index (χ1v) is 4.66. The third kappa shape index (κ3) is 1.91. The van der Waals surface area contributed by atoms with Gasteiger partial charge < -0.3 is 9.64 Å². The Morgan fingerprint density at radius 3 is 2.47 bits per heavy atom. The van der Waals surface area contributed by atoms with Crippen LogP contribution in [-0.2, 0) is 9.53 Å². The van der Waals surface area contributed by atoms with Crippen LogP contribution in [0.1, 0.15) is 0 Å². The van der Waals surface area contributed by atoms with Gasteiger partial charge in [-0.25, -0.2) is 14.5 Å². The number of rotatable bonds is 0. The summed E-state index contributed by atoms with van der Waals surface area (Å²) in [5.74, 6) is -0.443. The maximum Gasteiger partial charge on any atom is 0.332 e. The molecule has 0 spiro atoms. The molecule has 0 aromatic heterocycles. The minimum Gasteiger partial charge on any atom is -0.378 e. The van der Waals surface area contributed by atoms with Crippen molar-refractivity contribution < 1.29 is 19.1 Å². The molecule has 0 aromatic rings. The van der Waals surface area contributed by atoms with E-state index in [0.29, 0.717) is 26.3 Å². The normalized spacial score (nSPS) is 21.9. The molecule has 2 saturated heterocycles. The fourth-order valence-electron chi connectivity index (χ4n) is 1.52. The smallest absolute Gasteiger partial charge is 0.332 e. The minimum absolute atomic E-state index is 0.185. The number of nitrogens with zero attached hydrogens (tertiary/aromatic N) is 2. The second-order valence-electron chi connectivity index (χ2n) is 3.32. The molecular weight excluding hydrogens is 202 g/mol. The molecule has 0 aromatic carbocycles. The number of urea groups is 2. The monoisotopic (exact) mass is 213 g/mol. The summed E-state index contributed by atoms with van der Waals surface area (Å²) in [6.45, 7) is 1.66. The van der Waals surface area contributed by atoms with Gasteiger partial charge in [-0.15, -0.1) is 0 Å². The first-order valence-electron chi connectivity index (χ1n) is 4.66. The van der Waals surface area contributed by atoms with Crippen LogP contribution in [0.5, 0.6) is 0 Å². The zero-order chi connectivity index (χ0) is 10.8. The molecule has 2 fully saturated rings. The number of amides is 5. The Bertz CT molecular complexity index is 311. The highest BCUT2D eigenvalue weighted by Crippen LogP contribution is 2.06. The van der Waals surface area contributed by atoms with Crippen molar-refractivity contribution in [3.8, 4) is 0 Å². The molecule has 2 heterocycles. The van der Waals surface area contributed by atoms with Gasteiger partial charge in [0.1, 0.15) is 6.54 Å². The largest absolute Gasteiger partial charge is 0.378 e. The number of imide groups is 2. The highest BCUT2D eigenvalue weighted by atomic mass is 16.5. The predicted molar refractivity (Wildman–Crippen MR) is 48.0 cm³/mol. The van der Waals surface area contributed by atoms with E-state index in [1.54, 1.807) is 0 Å². The number of ether oxygens (including phenoxy) is 1. The number of hydrogen-bond acceptors (Lipinski definition) is 4. The van der Waals surface area contributed by atoms with E-state index in [-0.39, 0.29) is 6.54 Å². The topological polar surface area (TPSA) is 79.0 Å². The van der Waals surface area contributed by atoms with Crippen LogP contribution in [0.25, 0.3) is 0 Å². The number of nitrogens with one attached hydrogen (secondary N) is 1. The van der Waals surface area contributed by atoms with Crippen molar-refractivity contribution in [2.75, 3.05) is 32.8 Å². The zero-order valence-electron chi connectivity index (χ0n) is 8.06. The van der Waals surface area contributed by atoms with Gasteiger partial charge in [-0.05, 0) is 0 Å². The Morgan fingerprint density at radius 1 is 1.27 bits per heavy atom. The van der Waals surface area contributed by atoms with Crippen LogP contribution in [0.2, 0.25) is 0 Å². The van der Waals surface area contributed by atoms with E-state index in [1.807, 2.05) is 0 Å². The third-order valence-corrected chi connectivity index (χ3v) is 2.31. The molecule has 5 amide bonds.